The molecule has 0 atom stereocenters. The first-order valence-electron chi connectivity index (χ1n) is 9.27. The molecule has 0 bridgehead atoms. The van der Waals surface area contributed by atoms with Crippen LogP contribution in [0.25, 0.3) is 0 Å². The average molecular weight is 438 g/mol. The van der Waals surface area contributed by atoms with Crippen LogP contribution in [0.4, 0.5) is 11.4 Å². The molecule has 0 aliphatic heterocycles. The number of ether oxygens (including phenoxy) is 1. The van der Waals surface area contributed by atoms with Crippen molar-refractivity contribution in [2.45, 2.75) is 13.3 Å². The topological polar surface area (TPSA) is 70.7 Å². The Balaban J connectivity index is 2.16. The van der Waals surface area contributed by atoms with Crippen molar-refractivity contribution < 1.29 is 14.3 Å². The zero-order valence-electron chi connectivity index (χ0n) is 16.7. The number of benzene rings is 2. The largest absolute Gasteiger partial charge is 0.382 e. The fourth-order valence-electron chi connectivity index (χ4n) is 2.67. The Morgan fingerprint density at radius 1 is 1.03 bits per heavy atom. The van der Waals surface area contributed by atoms with Crippen LogP contribution in [0.1, 0.15) is 34.1 Å². The van der Waals surface area contributed by atoms with Crippen LogP contribution in [-0.2, 0) is 4.74 Å². The summed E-state index contributed by atoms with van der Waals surface area (Å²) in [6, 6.07) is 9.83. The third kappa shape index (κ3) is 6.63. The molecule has 0 unspecified atom stereocenters. The molecule has 2 N–H and O–H groups in total. The molecule has 8 heteroatoms. The lowest BCUT2D eigenvalue weighted by Crippen LogP contribution is -2.27. The number of nitrogens with one attached hydrogen (secondary N) is 2. The van der Waals surface area contributed by atoms with Crippen LogP contribution in [0.2, 0.25) is 10.0 Å². The zero-order chi connectivity index (χ0) is 21.4. The van der Waals surface area contributed by atoms with Gasteiger partial charge in [0.15, 0.2) is 0 Å². The minimum atomic E-state index is -0.382. The first-order chi connectivity index (χ1) is 13.8. The Morgan fingerprint density at radius 2 is 1.79 bits per heavy atom. The fourth-order valence-corrected chi connectivity index (χ4v) is 3.17. The van der Waals surface area contributed by atoms with E-state index in [4.69, 9.17) is 27.9 Å². The highest BCUT2D eigenvalue weighted by Gasteiger charge is 2.16. The number of rotatable bonds is 9. The smallest absolute Gasteiger partial charge is 0.257 e. The number of anilines is 2. The highest BCUT2D eigenvalue weighted by atomic mass is 35.5. The Morgan fingerprint density at radius 3 is 2.45 bits per heavy atom. The molecular weight excluding hydrogens is 413 g/mol. The Kier molecular flexibility index (Phi) is 8.76. The molecule has 0 spiro atoms. The van der Waals surface area contributed by atoms with Gasteiger partial charge in [-0.1, -0.05) is 23.2 Å². The highest BCUT2D eigenvalue weighted by molar-refractivity contribution is 6.37. The summed E-state index contributed by atoms with van der Waals surface area (Å²) in [6.07, 6.45) is 0.725. The summed E-state index contributed by atoms with van der Waals surface area (Å²) in [6.45, 7) is 3.68. The van der Waals surface area contributed by atoms with E-state index in [9.17, 15) is 9.59 Å². The quantitative estimate of drug-likeness (QED) is 0.567. The van der Waals surface area contributed by atoms with Gasteiger partial charge in [-0.2, -0.15) is 0 Å². The maximum absolute atomic E-state index is 12.7. The third-order valence-electron chi connectivity index (χ3n) is 4.11. The molecule has 2 amide bonds. The fraction of sp³-hybridized carbons (Fsp3) is 0.333. The van der Waals surface area contributed by atoms with Crippen LogP contribution < -0.4 is 15.5 Å². The second kappa shape index (κ2) is 11.0. The number of carbonyl (C=O) groups excluding carboxylic acids is 2. The lowest BCUT2D eigenvalue weighted by Gasteiger charge is -2.18. The van der Waals surface area contributed by atoms with Crippen molar-refractivity contribution >= 4 is 46.4 Å². The second-order valence-corrected chi connectivity index (χ2v) is 7.35. The van der Waals surface area contributed by atoms with E-state index in [2.05, 4.69) is 10.6 Å². The Bertz CT molecular complexity index is 872. The molecule has 156 valence electrons. The predicted octanol–water partition coefficient (Wildman–Crippen LogP) is 4.47. The van der Waals surface area contributed by atoms with Gasteiger partial charge in [-0.25, -0.2) is 0 Å². The van der Waals surface area contributed by atoms with E-state index < -0.39 is 0 Å². The van der Waals surface area contributed by atoms with Crippen LogP contribution in [-0.4, -0.2) is 45.7 Å². The molecular formula is C21H25Cl2N3O3. The van der Waals surface area contributed by atoms with Crippen molar-refractivity contribution in [3.05, 3.63) is 57.6 Å². The van der Waals surface area contributed by atoms with Gasteiger partial charge in [0.1, 0.15) is 0 Å². The predicted molar refractivity (Wildman–Crippen MR) is 119 cm³/mol. The molecule has 2 rings (SSSR count). The van der Waals surface area contributed by atoms with Gasteiger partial charge in [-0.15, -0.1) is 0 Å². The maximum Gasteiger partial charge on any atom is 0.257 e. The van der Waals surface area contributed by atoms with Gasteiger partial charge < -0.3 is 20.3 Å². The molecule has 0 fully saturated rings. The molecule has 0 saturated carbocycles. The molecule has 0 heterocycles. The molecule has 0 aliphatic rings. The maximum atomic E-state index is 12.7. The number of nitrogens with zero attached hydrogens (tertiary/aromatic N) is 1. The summed E-state index contributed by atoms with van der Waals surface area (Å²) in [5, 5.41) is 6.37. The minimum Gasteiger partial charge on any atom is -0.382 e. The first-order valence-corrected chi connectivity index (χ1v) is 10.0. The second-order valence-electron chi connectivity index (χ2n) is 6.51. The van der Waals surface area contributed by atoms with Crippen LogP contribution in [0, 0.1) is 0 Å². The molecule has 0 saturated heterocycles. The lowest BCUT2D eigenvalue weighted by atomic mass is 10.1. The van der Waals surface area contributed by atoms with E-state index in [1.807, 2.05) is 25.9 Å². The number of hydrogen-bond acceptors (Lipinski definition) is 4. The van der Waals surface area contributed by atoms with Crippen molar-refractivity contribution in [1.82, 2.24) is 5.32 Å². The van der Waals surface area contributed by atoms with Crippen LogP contribution in [0.3, 0.4) is 0 Å². The number of halogens is 2. The van der Waals surface area contributed by atoms with Gasteiger partial charge in [-0.05, 0) is 49.7 Å². The van der Waals surface area contributed by atoms with E-state index in [1.165, 1.54) is 6.07 Å². The van der Waals surface area contributed by atoms with Gasteiger partial charge in [0.25, 0.3) is 11.8 Å². The normalized spacial score (nSPS) is 10.5. The summed E-state index contributed by atoms with van der Waals surface area (Å²) in [5.41, 5.74) is 2.00. The molecule has 0 aliphatic carbocycles. The summed E-state index contributed by atoms with van der Waals surface area (Å²) in [4.78, 5) is 27.1. The van der Waals surface area contributed by atoms with Crippen molar-refractivity contribution in [3.63, 3.8) is 0 Å². The molecule has 0 radical (unpaired) electrons. The molecule has 6 nitrogen and oxygen atoms in total. The van der Waals surface area contributed by atoms with Crippen LogP contribution in [0.5, 0.6) is 0 Å². The Labute approximate surface area is 181 Å². The number of hydrogen-bond donors (Lipinski definition) is 2. The monoisotopic (exact) mass is 437 g/mol. The average Bonchev–Trinajstić information content (AvgIpc) is 2.67. The number of carbonyl (C=O) groups is 2. The summed E-state index contributed by atoms with van der Waals surface area (Å²) in [5.74, 6) is -0.599. The molecule has 2 aromatic carbocycles. The van der Waals surface area contributed by atoms with Crippen molar-refractivity contribution in [1.29, 1.82) is 0 Å². The molecule has 0 aromatic heterocycles. The molecule has 29 heavy (non-hydrogen) atoms. The summed E-state index contributed by atoms with van der Waals surface area (Å²) < 4.78 is 5.28. The van der Waals surface area contributed by atoms with E-state index in [0.717, 1.165) is 12.1 Å². The SMILES string of the molecule is CCOCCCNC(=O)c1cc(NC(=O)c2ccc(Cl)cc2Cl)ccc1N(C)C. The van der Waals surface area contributed by atoms with Crippen LogP contribution >= 0.6 is 23.2 Å². The first kappa shape index (κ1) is 23.0. The third-order valence-corrected chi connectivity index (χ3v) is 4.66. The van der Waals surface area contributed by atoms with E-state index in [-0.39, 0.29) is 16.8 Å². The van der Waals surface area contributed by atoms with E-state index in [0.29, 0.717) is 41.6 Å². The zero-order valence-corrected chi connectivity index (χ0v) is 18.2. The summed E-state index contributed by atoms with van der Waals surface area (Å²) in [7, 11) is 3.71. The van der Waals surface area contributed by atoms with Gasteiger partial charge >= 0.3 is 0 Å². The van der Waals surface area contributed by atoms with E-state index in [1.54, 1.807) is 30.3 Å². The van der Waals surface area contributed by atoms with Gasteiger partial charge in [0.2, 0.25) is 0 Å². The minimum absolute atomic E-state index is 0.217. The Hall–Kier alpha value is -2.28. The van der Waals surface area contributed by atoms with Crippen molar-refractivity contribution in [3.8, 4) is 0 Å². The summed E-state index contributed by atoms with van der Waals surface area (Å²) >= 11 is 12.0. The standard InChI is InChI=1S/C21H25Cl2N3O3/c1-4-29-11-5-10-24-20(27)17-13-15(7-9-19(17)26(2)3)25-21(28)16-8-6-14(22)12-18(16)23/h6-9,12-13H,4-5,10-11H2,1-3H3,(H,24,27)(H,25,28). The van der Waals surface area contributed by atoms with Gasteiger partial charge in [0.05, 0.1) is 16.1 Å². The highest BCUT2D eigenvalue weighted by Crippen LogP contribution is 2.25. The van der Waals surface area contributed by atoms with Crippen molar-refractivity contribution in [2.24, 2.45) is 0 Å². The van der Waals surface area contributed by atoms with Crippen molar-refractivity contribution in [2.75, 3.05) is 44.1 Å². The molecule has 2 aromatic rings. The van der Waals surface area contributed by atoms with Gasteiger partial charge in [0, 0.05) is 50.3 Å². The van der Waals surface area contributed by atoms with Gasteiger partial charge in [-0.3, -0.25) is 9.59 Å². The lowest BCUT2D eigenvalue weighted by molar-refractivity contribution is 0.0943. The number of amides is 2. The van der Waals surface area contributed by atoms with Crippen LogP contribution in [0.15, 0.2) is 36.4 Å². The van der Waals surface area contributed by atoms with E-state index >= 15 is 0 Å².